The molecule has 0 amide bonds. The third-order valence-corrected chi connectivity index (χ3v) is 12.5. The number of Topliss-reactive ketones (excluding diaryl/α,β-unsaturated/α-hetero) is 1. The second-order valence-electron chi connectivity index (χ2n) is 9.04. The third kappa shape index (κ3) is 5.10. The van der Waals surface area contributed by atoms with E-state index in [9.17, 15) is 4.79 Å². The van der Waals surface area contributed by atoms with Crippen molar-refractivity contribution in [1.82, 2.24) is 4.90 Å². The Morgan fingerprint density at radius 3 is 2.11 bits per heavy atom. The maximum Gasteiger partial charge on any atom is 0.200 e. The van der Waals surface area contributed by atoms with E-state index in [0.29, 0.717) is 34.9 Å². The molecule has 4 heteroatoms. The van der Waals surface area contributed by atoms with Crippen LogP contribution in [0, 0.1) is 0 Å². The van der Waals surface area contributed by atoms with Gasteiger partial charge in [-0.3, -0.25) is 9.69 Å². The molecule has 1 aliphatic rings. The SMILES string of the molecule is CC(C)[Si](OCCCC(=O)[C@@H]1CN1[C@@H](C)c1ccccc1)(C(C)C)C(C)C. The van der Waals surface area contributed by atoms with E-state index in [0.717, 1.165) is 19.6 Å². The first-order valence-corrected chi connectivity index (χ1v) is 12.8. The summed E-state index contributed by atoms with van der Waals surface area (Å²) in [4.78, 5) is 14.9. The highest BCUT2D eigenvalue weighted by Gasteiger charge is 2.45. The Hall–Kier alpha value is -0.973. The summed E-state index contributed by atoms with van der Waals surface area (Å²) in [5, 5.41) is 0. The number of rotatable bonds is 11. The summed E-state index contributed by atoms with van der Waals surface area (Å²) in [5.74, 6) is 0.382. The lowest BCUT2D eigenvalue weighted by atomic mass is 10.1. The Bertz CT molecular complexity index is 578. The smallest absolute Gasteiger partial charge is 0.200 e. The van der Waals surface area contributed by atoms with Gasteiger partial charge in [0.1, 0.15) is 0 Å². The zero-order chi connectivity index (χ0) is 20.2. The molecule has 1 fully saturated rings. The van der Waals surface area contributed by atoms with E-state index in [1.54, 1.807) is 0 Å². The number of hydrogen-bond donors (Lipinski definition) is 0. The normalized spacial score (nSPS) is 21.1. The fourth-order valence-electron chi connectivity index (χ4n) is 4.95. The molecule has 1 aromatic rings. The maximum atomic E-state index is 12.6. The van der Waals surface area contributed by atoms with Crippen molar-refractivity contribution in [3.63, 3.8) is 0 Å². The van der Waals surface area contributed by atoms with Gasteiger partial charge in [-0.2, -0.15) is 0 Å². The second kappa shape index (κ2) is 9.49. The Labute approximate surface area is 167 Å². The Kier molecular flexibility index (Phi) is 7.84. The van der Waals surface area contributed by atoms with Crippen LogP contribution in [0.2, 0.25) is 16.6 Å². The number of ketones is 1. The van der Waals surface area contributed by atoms with Crippen LogP contribution in [0.5, 0.6) is 0 Å². The van der Waals surface area contributed by atoms with E-state index >= 15 is 0 Å². The molecule has 3 nitrogen and oxygen atoms in total. The highest BCUT2D eigenvalue weighted by atomic mass is 28.4. The summed E-state index contributed by atoms with van der Waals surface area (Å²) in [7, 11) is -1.81. The van der Waals surface area contributed by atoms with E-state index in [1.165, 1.54) is 5.56 Å². The van der Waals surface area contributed by atoms with Gasteiger partial charge in [-0.1, -0.05) is 71.9 Å². The lowest BCUT2D eigenvalue weighted by Crippen LogP contribution is -2.48. The molecular formula is C23H39NO2Si. The van der Waals surface area contributed by atoms with Gasteiger partial charge in [-0.05, 0) is 35.5 Å². The van der Waals surface area contributed by atoms with Gasteiger partial charge >= 0.3 is 0 Å². The molecule has 1 saturated heterocycles. The van der Waals surface area contributed by atoms with Gasteiger partial charge in [0.25, 0.3) is 0 Å². The van der Waals surface area contributed by atoms with Crippen molar-refractivity contribution >= 4 is 14.1 Å². The Balaban J connectivity index is 1.80. The van der Waals surface area contributed by atoms with Crippen LogP contribution in [-0.4, -0.2) is 38.2 Å². The summed E-state index contributed by atoms with van der Waals surface area (Å²) < 4.78 is 6.58. The standard InChI is InChI=1S/C23H39NO2Si/c1-17(2)27(18(3)4,19(5)6)26-15-11-14-23(25)22-16-24(22)20(7)21-12-9-8-10-13-21/h8-10,12-13,17-20,22H,11,14-16H2,1-7H3/t20-,22-,24?/m0/s1. The van der Waals surface area contributed by atoms with Gasteiger partial charge < -0.3 is 4.43 Å². The minimum absolute atomic E-state index is 0.113. The molecule has 0 aliphatic carbocycles. The molecule has 1 heterocycles. The molecule has 0 radical (unpaired) electrons. The molecule has 152 valence electrons. The molecule has 1 aliphatic heterocycles. The Morgan fingerprint density at radius 1 is 1.04 bits per heavy atom. The number of hydrogen-bond acceptors (Lipinski definition) is 3. The molecular weight excluding hydrogens is 350 g/mol. The first-order valence-electron chi connectivity index (χ1n) is 10.7. The lowest BCUT2D eigenvalue weighted by molar-refractivity contribution is -0.119. The molecule has 0 spiro atoms. The summed E-state index contributed by atoms with van der Waals surface area (Å²) in [5.41, 5.74) is 3.08. The topological polar surface area (TPSA) is 29.3 Å². The van der Waals surface area contributed by atoms with Crippen molar-refractivity contribution in [2.45, 2.75) is 90.0 Å². The fraction of sp³-hybridized carbons (Fsp3) is 0.696. The van der Waals surface area contributed by atoms with Gasteiger partial charge in [-0.25, -0.2) is 0 Å². The van der Waals surface area contributed by atoms with Crippen molar-refractivity contribution in [3.05, 3.63) is 35.9 Å². The fourth-order valence-corrected chi connectivity index (χ4v) is 10.5. The number of benzene rings is 1. The molecule has 27 heavy (non-hydrogen) atoms. The second-order valence-corrected chi connectivity index (χ2v) is 14.5. The van der Waals surface area contributed by atoms with E-state index in [-0.39, 0.29) is 6.04 Å². The summed E-state index contributed by atoms with van der Waals surface area (Å²) in [6.45, 7) is 17.7. The van der Waals surface area contributed by atoms with Gasteiger partial charge in [0.15, 0.2) is 14.1 Å². The quantitative estimate of drug-likeness (QED) is 0.265. The molecule has 3 atom stereocenters. The van der Waals surface area contributed by atoms with Gasteiger partial charge in [-0.15, -0.1) is 0 Å². The highest BCUT2D eigenvalue weighted by Crippen LogP contribution is 2.42. The van der Waals surface area contributed by atoms with Crippen LogP contribution >= 0.6 is 0 Å². The van der Waals surface area contributed by atoms with Crippen LogP contribution in [-0.2, 0) is 9.22 Å². The van der Waals surface area contributed by atoms with Crippen molar-refractivity contribution in [2.24, 2.45) is 0 Å². The van der Waals surface area contributed by atoms with Crippen molar-refractivity contribution in [1.29, 1.82) is 0 Å². The van der Waals surface area contributed by atoms with Crippen molar-refractivity contribution in [3.8, 4) is 0 Å². The van der Waals surface area contributed by atoms with Crippen molar-refractivity contribution in [2.75, 3.05) is 13.2 Å². The average molecular weight is 390 g/mol. The van der Waals surface area contributed by atoms with Crippen LogP contribution in [0.3, 0.4) is 0 Å². The van der Waals surface area contributed by atoms with Crippen LogP contribution in [0.25, 0.3) is 0 Å². The summed E-state index contributed by atoms with van der Waals surface area (Å²) in [6, 6.07) is 10.9. The van der Waals surface area contributed by atoms with Gasteiger partial charge in [0.05, 0.1) is 6.04 Å². The minimum Gasteiger partial charge on any atom is -0.416 e. The summed E-state index contributed by atoms with van der Waals surface area (Å²) in [6.07, 6.45) is 1.49. The van der Waals surface area contributed by atoms with E-state index in [2.05, 4.69) is 77.6 Å². The summed E-state index contributed by atoms with van der Waals surface area (Å²) >= 11 is 0. The van der Waals surface area contributed by atoms with E-state index in [4.69, 9.17) is 4.43 Å². The average Bonchev–Trinajstić information content (AvgIpc) is 3.41. The first-order chi connectivity index (χ1) is 12.7. The number of carbonyl (C=O) groups excluding carboxylic acids is 1. The van der Waals surface area contributed by atoms with Crippen LogP contribution in [0.1, 0.15) is 72.9 Å². The van der Waals surface area contributed by atoms with Crippen molar-refractivity contribution < 1.29 is 9.22 Å². The van der Waals surface area contributed by atoms with Crippen LogP contribution in [0.15, 0.2) is 30.3 Å². The lowest BCUT2D eigenvalue weighted by Gasteiger charge is -2.42. The van der Waals surface area contributed by atoms with E-state index < -0.39 is 8.32 Å². The predicted molar refractivity (Wildman–Crippen MR) is 117 cm³/mol. The molecule has 0 N–H and O–H groups in total. The largest absolute Gasteiger partial charge is 0.416 e. The zero-order valence-corrected chi connectivity index (χ0v) is 19.4. The molecule has 0 bridgehead atoms. The third-order valence-electron chi connectivity index (χ3n) is 6.43. The first kappa shape index (κ1) is 22.3. The Morgan fingerprint density at radius 2 is 1.59 bits per heavy atom. The highest BCUT2D eigenvalue weighted by molar-refractivity contribution is 6.77. The molecule has 1 unspecified atom stereocenters. The van der Waals surface area contributed by atoms with E-state index in [1.807, 2.05) is 6.07 Å². The number of nitrogens with zero attached hydrogens (tertiary/aromatic N) is 1. The minimum atomic E-state index is -1.81. The maximum absolute atomic E-state index is 12.6. The zero-order valence-electron chi connectivity index (χ0n) is 18.4. The predicted octanol–water partition coefficient (Wildman–Crippen LogP) is 5.97. The van der Waals surface area contributed by atoms with Crippen LogP contribution in [0.4, 0.5) is 0 Å². The van der Waals surface area contributed by atoms with Crippen LogP contribution < -0.4 is 0 Å². The molecule has 0 aromatic heterocycles. The molecule has 2 rings (SSSR count). The van der Waals surface area contributed by atoms with Gasteiger partial charge in [0.2, 0.25) is 0 Å². The molecule has 1 aromatic carbocycles. The molecule has 0 saturated carbocycles. The number of carbonyl (C=O) groups is 1. The van der Waals surface area contributed by atoms with Gasteiger partial charge in [0, 0.05) is 25.6 Å². The monoisotopic (exact) mass is 389 g/mol.